The van der Waals surface area contributed by atoms with Crippen LogP contribution in [0.25, 0.3) is 0 Å². The second-order valence-electron chi connectivity index (χ2n) is 2.38. The van der Waals surface area contributed by atoms with E-state index < -0.39 is 12.0 Å². The van der Waals surface area contributed by atoms with Crippen molar-refractivity contribution in [3.8, 4) is 0 Å². The third kappa shape index (κ3) is 4.28. The van der Waals surface area contributed by atoms with Gasteiger partial charge in [-0.25, -0.2) is 9.59 Å². The second kappa shape index (κ2) is 4.63. The molecular weight excluding hydrogens is 146 g/mol. The summed E-state index contributed by atoms with van der Waals surface area (Å²) in [6.07, 6.45) is 1.12. The molecule has 0 aliphatic rings. The first kappa shape index (κ1) is 9.85. The van der Waals surface area contributed by atoms with Crippen molar-refractivity contribution in [2.24, 2.45) is 4.99 Å². The van der Waals surface area contributed by atoms with Crippen LogP contribution >= 0.6 is 0 Å². The van der Waals surface area contributed by atoms with Crippen LogP contribution < -0.4 is 0 Å². The van der Waals surface area contributed by atoms with Gasteiger partial charge in [-0.1, -0.05) is 0 Å². The predicted molar refractivity (Wildman–Crippen MR) is 38.8 cm³/mol. The van der Waals surface area contributed by atoms with Gasteiger partial charge in [-0.2, -0.15) is 4.99 Å². The highest BCUT2D eigenvalue weighted by atomic mass is 16.5. The highest BCUT2D eigenvalue weighted by molar-refractivity contribution is 5.76. The van der Waals surface area contributed by atoms with Gasteiger partial charge in [0.1, 0.15) is 0 Å². The molecule has 0 rings (SSSR count). The molecule has 0 heterocycles. The Balaban J connectivity index is 3.92. The van der Waals surface area contributed by atoms with E-state index in [1.54, 1.807) is 13.8 Å². The summed E-state index contributed by atoms with van der Waals surface area (Å²) in [6, 6.07) is -0.741. The van der Waals surface area contributed by atoms with Crippen LogP contribution in [-0.2, 0) is 14.3 Å². The van der Waals surface area contributed by atoms with Crippen LogP contribution in [0.2, 0.25) is 0 Å². The third-order valence-electron chi connectivity index (χ3n) is 0.939. The van der Waals surface area contributed by atoms with Crippen LogP contribution in [0.1, 0.15) is 20.8 Å². The van der Waals surface area contributed by atoms with Gasteiger partial charge in [0.05, 0.1) is 6.10 Å². The number of carbonyl (C=O) groups is 1. The van der Waals surface area contributed by atoms with Crippen molar-refractivity contribution in [2.75, 3.05) is 0 Å². The van der Waals surface area contributed by atoms with Crippen LogP contribution in [0, 0.1) is 0 Å². The molecule has 0 bridgehead atoms. The highest BCUT2D eigenvalue weighted by Gasteiger charge is 2.13. The van der Waals surface area contributed by atoms with Crippen LogP contribution in [0.15, 0.2) is 4.99 Å². The summed E-state index contributed by atoms with van der Waals surface area (Å²) in [5, 5.41) is 0. The van der Waals surface area contributed by atoms with Crippen molar-refractivity contribution in [3.05, 3.63) is 0 Å². The minimum atomic E-state index is -0.741. The molecule has 4 heteroatoms. The Morgan fingerprint density at radius 3 is 2.36 bits per heavy atom. The van der Waals surface area contributed by atoms with Crippen LogP contribution in [-0.4, -0.2) is 24.2 Å². The standard InChI is InChI=1S/C7H11NO3/c1-5(2)11-7(10)6(3)8-4-9/h5-6H,1-3H3. The fraction of sp³-hybridized carbons (Fsp3) is 0.714. The minimum Gasteiger partial charge on any atom is -0.461 e. The lowest BCUT2D eigenvalue weighted by Crippen LogP contribution is -2.21. The number of nitrogens with zero attached hydrogens (tertiary/aromatic N) is 1. The predicted octanol–water partition coefficient (Wildman–Crippen LogP) is 0.662. The molecule has 0 aromatic rings. The van der Waals surface area contributed by atoms with Crippen LogP contribution in [0.5, 0.6) is 0 Å². The van der Waals surface area contributed by atoms with E-state index in [2.05, 4.69) is 4.99 Å². The molecule has 62 valence electrons. The van der Waals surface area contributed by atoms with E-state index in [1.165, 1.54) is 13.0 Å². The lowest BCUT2D eigenvalue weighted by Gasteiger charge is -2.08. The zero-order valence-corrected chi connectivity index (χ0v) is 6.83. The summed E-state index contributed by atoms with van der Waals surface area (Å²) in [6.45, 7) is 4.94. The Bertz CT molecular complexity index is 182. The molecule has 1 atom stereocenters. The van der Waals surface area contributed by atoms with Gasteiger partial charge in [-0.05, 0) is 20.8 Å². The number of carbonyl (C=O) groups excluding carboxylic acids is 2. The van der Waals surface area contributed by atoms with Crippen molar-refractivity contribution < 1.29 is 14.3 Å². The molecule has 0 aliphatic carbocycles. The van der Waals surface area contributed by atoms with E-state index in [0.717, 1.165) is 0 Å². The maximum atomic E-state index is 10.8. The Kier molecular flexibility index (Phi) is 4.15. The number of isocyanates is 1. The van der Waals surface area contributed by atoms with Gasteiger partial charge in [0.2, 0.25) is 6.08 Å². The molecular formula is C7H11NO3. The Morgan fingerprint density at radius 1 is 1.45 bits per heavy atom. The van der Waals surface area contributed by atoms with Gasteiger partial charge in [-0.3, -0.25) is 0 Å². The van der Waals surface area contributed by atoms with Gasteiger partial charge < -0.3 is 4.74 Å². The van der Waals surface area contributed by atoms with E-state index in [4.69, 9.17) is 4.74 Å². The summed E-state index contributed by atoms with van der Waals surface area (Å²) < 4.78 is 4.75. The zero-order valence-electron chi connectivity index (χ0n) is 6.83. The zero-order chi connectivity index (χ0) is 8.85. The van der Waals surface area contributed by atoms with Crippen molar-refractivity contribution in [2.45, 2.75) is 32.9 Å². The molecule has 0 saturated carbocycles. The van der Waals surface area contributed by atoms with E-state index in [9.17, 15) is 9.59 Å². The first-order chi connectivity index (χ1) is 5.07. The molecule has 1 unspecified atom stereocenters. The molecule has 11 heavy (non-hydrogen) atoms. The maximum absolute atomic E-state index is 10.8. The number of esters is 1. The lowest BCUT2D eigenvalue weighted by molar-refractivity contribution is -0.148. The number of ether oxygens (including phenoxy) is 1. The minimum absolute atomic E-state index is 0.174. The summed E-state index contributed by atoms with van der Waals surface area (Å²) in [7, 11) is 0. The maximum Gasteiger partial charge on any atom is 0.331 e. The number of hydrogen-bond acceptors (Lipinski definition) is 4. The fourth-order valence-electron chi connectivity index (χ4n) is 0.463. The van der Waals surface area contributed by atoms with Gasteiger partial charge in [-0.15, -0.1) is 0 Å². The molecule has 0 aliphatic heterocycles. The molecule has 0 amide bonds. The number of aliphatic imine (C=N–C) groups is 1. The molecule has 0 saturated heterocycles. The summed E-state index contributed by atoms with van der Waals surface area (Å²) in [5.41, 5.74) is 0. The average molecular weight is 157 g/mol. The summed E-state index contributed by atoms with van der Waals surface area (Å²) in [4.78, 5) is 23.8. The van der Waals surface area contributed by atoms with Gasteiger partial charge in [0.25, 0.3) is 0 Å². The normalized spacial score (nSPS) is 12.0. The molecule has 0 aromatic carbocycles. The topological polar surface area (TPSA) is 55.7 Å². The fourth-order valence-corrected chi connectivity index (χ4v) is 0.463. The summed E-state index contributed by atoms with van der Waals surface area (Å²) in [5.74, 6) is -0.497. The van der Waals surface area contributed by atoms with Gasteiger partial charge in [0.15, 0.2) is 6.04 Å². The van der Waals surface area contributed by atoms with Crippen molar-refractivity contribution in [3.63, 3.8) is 0 Å². The Morgan fingerprint density at radius 2 is 2.00 bits per heavy atom. The molecule has 0 N–H and O–H groups in total. The van der Waals surface area contributed by atoms with Crippen molar-refractivity contribution in [1.82, 2.24) is 0 Å². The number of hydrogen-bond donors (Lipinski definition) is 0. The Hall–Kier alpha value is -1.15. The molecule has 4 nitrogen and oxygen atoms in total. The smallest absolute Gasteiger partial charge is 0.331 e. The highest BCUT2D eigenvalue weighted by Crippen LogP contribution is 1.96. The Labute approximate surface area is 65.3 Å². The SMILES string of the molecule is CC(C)OC(=O)C(C)N=C=O. The molecule has 0 aromatic heterocycles. The monoisotopic (exact) mass is 157 g/mol. The first-order valence-corrected chi connectivity index (χ1v) is 3.35. The van der Waals surface area contributed by atoms with Crippen LogP contribution in [0.3, 0.4) is 0 Å². The molecule has 0 radical (unpaired) electrons. The van der Waals surface area contributed by atoms with Crippen molar-refractivity contribution >= 4 is 12.0 Å². The average Bonchev–Trinajstić information content (AvgIpc) is 1.86. The number of rotatable bonds is 3. The van der Waals surface area contributed by atoms with Gasteiger partial charge in [0, 0.05) is 0 Å². The van der Waals surface area contributed by atoms with Gasteiger partial charge >= 0.3 is 5.97 Å². The first-order valence-electron chi connectivity index (χ1n) is 3.35. The lowest BCUT2D eigenvalue weighted by atomic mass is 10.3. The second-order valence-corrected chi connectivity index (χ2v) is 2.38. The molecule has 0 fully saturated rings. The van der Waals surface area contributed by atoms with E-state index in [-0.39, 0.29) is 6.10 Å². The van der Waals surface area contributed by atoms with E-state index in [1.807, 2.05) is 0 Å². The summed E-state index contributed by atoms with van der Waals surface area (Å²) >= 11 is 0. The largest absolute Gasteiger partial charge is 0.461 e. The van der Waals surface area contributed by atoms with Crippen molar-refractivity contribution in [1.29, 1.82) is 0 Å². The van der Waals surface area contributed by atoms with E-state index >= 15 is 0 Å². The molecule has 0 spiro atoms. The van der Waals surface area contributed by atoms with E-state index in [0.29, 0.717) is 0 Å². The third-order valence-corrected chi connectivity index (χ3v) is 0.939. The van der Waals surface area contributed by atoms with Crippen LogP contribution in [0.4, 0.5) is 0 Å². The quantitative estimate of drug-likeness (QED) is 0.343.